The molecule has 1 atom stereocenters. The van der Waals surface area contributed by atoms with E-state index >= 15 is 0 Å². The first-order chi connectivity index (χ1) is 12.7. The van der Waals surface area contributed by atoms with Crippen LogP contribution < -0.4 is 10.1 Å². The lowest BCUT2D eigenvalue weighted by atomic mass is 9.88. The minimum absolute atomic E-state index is 0.0810. The molecule has 1 N–H and O–H groups in total. The van der Waals surface area contributed by atoms with Crippen molar-refractivity contribution in [2.45, 2.75) is 12.3 Å². The van der Waals surface area contributed by atoms with Gasteiger partial charge in [0.15, 0.2) is 0 Å². The van der Waals surface area contributed by atoms with Crippen molar-refractivity contribution in [3.05, 3.63) is 95.8 Å². The molecule has 0 unspecified atom stereocenters. The van der Waals surface area contributed by atoms with E-state index in [1.807, 2.05) is 54.6 Å². The first-order valence-electron chi connectivity index (χ1n) is 8.40. The summed E-state index contributed by atoms with van der Waals surface area (Å²) in [4.78, 5) is 12.5. The third-order valence-electron chi connectivity index (χ3n) is 4.24. The molecule has 26 heavy (non-hydrogen) atoms. The summed E-state index contributed by atoms with van der Waals surface area (Å²) in [6.45, 7) is 0. The molecule has 0 aliphatic carbocycles. The fourth-order valence-electron chi connectivity index (χ4n) is 2.88. The molecule has 0 aliphatic heterocycles. The summed E-state index contributed by atoms with van der Waals surface area (Å²) in [6.07, 6.45) is 0.285. The maximum atomic E-state index is 13.0. The second-order valence-corrected chi connectivity index (χ2v) is 6.00. The van der Waals surface area contributed by atoms with Crippen molar-refractivity contribution in [1.82, 2.24) is 0 Å². The zero-order chi connectivity index (χ0) is 18.4. The Balaban J connectivity index is 1.81. The minimum atomic E-state index is -0.330. The summed E-state index contributed by atoms with van der Waals surface area (Å²) < 4.78 is 18.2. The number of carbonyl (C=O) groups is 1. The molecule has 0 radical (unpaired) electrons. The van der Waals surface area contributed by atoms with Gasteiger partial charge in [-0.1, -0.05) is 42.5 Å². The molecule has 0 aliphatic rings. The van der Waals surface area contributed by atoms with Gasteiger partial charge in [-0.15, -0.1) is 0 Å². The van der Waals surface area contributed by atoms with Crippen molar-refractivity contribution in [3.63, 3.8) is 0 Å². The summed E-state index contributed by atoms with van der Waals surface area (Å²) in [5.74, 6) is 0.239. The lowest BCUT2D eigenvalue weighted by molar-refractivity contribution is -0.116. The van der Waals surface area contributed by atoms with Crippen LogP contribution in [0.3, 0.4) is 0 Å². The third kappa shape index (κ3) is 4.48. The topological polar surface area (TPSA) is 38.3 Å². The molecule has 3 nitrogen and oxygen atoms in total. The van der Waals surface area contributed by atoms with Crippen LogP contribution in [0.4, 0.5) is 10.1 Å². The monoisotopic (exact) mass is 349 g/mol. The standard InChI is InChI=1S/C22H20FNO2/c1-26-20-13-7-17(8-14-20)21(16-5-3-2-4-6-16)15-22(25)24-19-11-9-18(23)10-12-19/h2-14,21H,15H2,1H3,(H,24,25)/t21-/m1/s1. The Labute approximate surface area is 152 Å². The molecule has 3 aromatic rings. The SMILES string of the molecule is COc1ccc([C@H](CC(=O)Nc2ccc(F)cc2)c2ccccc2)cc1. The molecule has 0 fully saturated rings. The number of nitrogens with one attached hydrogen (secondary N) is 1. The van der Waals surface area contributed by atoms with Crippen molar-refractivity contribution in [2.75, 3.05) is 12.4 Å². The van der Waals surface area contributed by atoms with Gasteiger partial charge in [0, 0.05) is 18.0 Å². The summed E-state index contributed by atoms with van der Waals surface area (Å²) in [5.41, 5.74) is 2.68. The number of anilines is 1. The van der Waals surface area contributed by atoms with E-state index in [-0.39, 0.29) is 24.1 Å². The van der Waals surface area contributed by atoms with Gasteiger partial charge in [-0.25, -0.2) is 4.39 Å². The van der Waals surface area contributed by atoms with Crippen LogP contribution in [0.25, 0.3) is 0 Å². The summed E-state index contributed by atoms with van der Waals surface area (Å²) in [5, 5.41) is 2.83. The van der Waals surface area contributed by atoms with E-state index in [1.54, 1.807) is 19.2 Å². The molecular formula is C22H20FNO2. The highest BCUT2D eigenvalue weighted by Gasteiger charge is 2.18. The average Bonchev–Trinajstić information content (AvgIpc) is 2.69. The Morgan fingerprint density at radius 2 is 1.54 bits per heavy atom. The largest absolute Gasteiger partial charge is 0.497 e. The van der Waals surface area contributed by atoms with Crippen LogP contribution in [0.15, 0.2) is 78.9 Å². The molecule has 0 aromatic heterocycles. The van der Waals surface area contributed by atoms with Gasteiger partial charge in [0.25, 0.3) is 0 Å². The Kier molecular flexibility index (Phi) is 5.64. The Morgan fingerprint density at radius 1 is 0.923 bits per heavy atom. The van der Waals surface area contributed by atoms with Gasteiger partial charge in [-0.2, -0.15) is 0 Å². The average molecular weight is 349 g/mol. The van der Waals surface area contributed by atoms with E-state index < -0.39 is 0 Å². The fraction of sp³-hybridized carbons (Fsp3) is 0.136. The van der Waals surface area contributed by atoms with Gasteiger partial charge >= 0.3 is 0 Å². The molecule has 0 heterocycles. The Morgan fingerprint density at radius 3 is 2.15 bits per heavy atom. The highest BCUT2D eigenvalue weighted by atomic mass is 19.1. The number of benzene rings is 3. The van der Waals surface area contributed by atoms with Crippen LogP contribution >= 0.6 is 0 Å². The molecule has 0 saturated carbocycles. The summed E-state index contributed by atoms with van der Waals surface area (Å²) in [6, 6.07) is 23.4. The quantitative estimate of drug-likeness (QED) is 0.680. The molecule has 1 amide bonds. The molecule has 0 spiro atoms. The minimum Gasteiger partial charge on any atom is -0.497 e. The second-order valence-electron chi connectivity index (χ2n) is 6.00. The fourth-order valence-corrected chi connectivity index (χ4v) is 2.88. The summed E-state index contributed by atoms with van der Waals surface area (Å²) >= 11 is 0. The summed E-state index contributed by atoms with van der Waals surface area (Å²) in [7, 11) is 1.62. The zero-order valence-electron chi connectivity index (χ0n) is 14.5. The molecule has 0 saturated heterocycles. The first kappa shape index (κ1) is 17.7. The molecule has 3 aromatic carbocycles. The van der Waals surface area contributed by atoms with E-state index in [4.69, 9.17) is 4.74 Å². The number of methoxy groups -OCH3 is 1. The van der Waals surface area contributed by atoms with E-state index in [9.17, 15) is 9.18 Å². The van der Waals surface area contributed by atoms with Gasteiger partial charge in [0.2, 0.25) is 5.91 Å². The number of rotatable bonds is 6. The maximum absolute atomic E-state index is 13.0. The molecule has 3 rings (SSSR count). The van der Waals surface area contributed by atoms with Gasteiger partial charge in [-0.3, -0.25) is 4.79 Å². The highest BCUT2D eigenvalue weighted by Crippen LogP contribution is 2.29. The third-order valence-corrected chi connectivity index (χ3v) is 4.24. The van der Waals surface area contributed by atoms with Crippen molar-refractivity contribution < 1.29 is 13.9 Å². The molecular weight excluding hydrogens is 329 g/mol. The van der Waals surface area contributed by atoms with E-state index in [0.29, 0.717) is 5.69 Å². The zero-order valence-corrected chi connectivity index (χ0v) is 14.5. The first-order valence-corrected chi connectivity index (χ1v) is 8.40. The van der Waals surface area contributed by atoms with Crippen LogP contribution in [-0.4, -0.2) is 13.0 Å². The highest BCUT2D eigenvalue weighted by molar-refractivity contribution is 5.91. The van der Waals surface area contributed by atoms with Crippen LogP contribution in [0.2, 0.25) is 0 Å². The van der Waals surface area contributed by atoms with E-state index in [2.05, 4.69) is 5.32 Å². The van der Waals surface area contributed by atoms with Crippen molar-refractivity contribution in [3.8, 4) is 5.75 Å². The van der Waals surface area contributed by atoms with Crippen LogP contribution in [0, 0.1) is 5.82 Å². The second kappa shape index (κ2) is 8.30. The van der Waals surface area contributed by atoms with Crippen molar-refractivity contribution in [1.29, 1.82) is 0 Å². The number of halogens is 1. The van der Waals surface area contributed by atoms with Crippen LogP contribution in [-0.2, 0) is 4.79 Å². The Bertz CT molecular complexity index is 846. The molecule has 132 valence electrons. The van der Waals surface area contributed by atoms with Crippen molar-refractivity contribution in [2.24, 2.45) is 0 Å². The van der Waals surface area contributed by atoms with E-state index in [0.717, 1.165) is 16.9 Å². The lowest BCUT2D eigenvalue weighted by Crippen LogP contribution is -2.16. The lowest BCUT2D eigenvalue weighted by Gasteiger charge is -2.18. The van der Waals surface area contributed by atoms with Gasteiger partial charge in [-0.05, 0) is 47.5 Å². The smallest absolute Gasteiger partial charge is 0.225 e. The number of hydrogen-bond donors (Lipinski definition) is 1. The Hall–Kier alpha value is -3.14. The van der Waals surface area contributed by atoms with Gasteiger partial charge in [0.05, 0.1) is 7.11 Å². The number of amides is 1. The predicted molar refractivity (Wildman–Crippen MR) is 101 cm³/mol. The molecule has 0 bridgehead atoms. The predicted octanol–water partition coefficient (Wildman–Crippen LogP) is 5.00. The van der Waals surface area contributed by atoms with E-state index in [1.165, 1.54) is 12.1 Å². The number of ether oxygens (including phenoxy) is 1. The van der Waals surface area contributed by atoms with Crippen molar-refractivity contribution >= 4 is 11.6 Å². The van der Waals surface area contributed by atoms with Gasteiger partial charge in [0.1, 0.15) is 11.6 Å². The number of hydrogen-bond acceptors (Lipinski definition) is 2. The maximum Gasteiger partial charge on any atom is 0.225 e. The van der Waals surface area contributed by atoms with Crippen LogP contribution in [0.5, 0.6) is 5.75 Å². The normalized spacial score (nSPS) is 11.6. The van der Waals surface area contributed by atoms with Gasteiger partial charge < -0.3 is 10.1 Å². The molecule has 4 heteroatoms. The van der Waals surface area contributed by atoms with Crippen LogP contribution in [0.1, 0.15) is 23.5 Å². The number of carbonyl (C=O) groups excluding carboxylic acids is 1.